The lowest BCUT2D eigenvalue weighted by Crippen LogP contribution is -2.14. The number of benzene rings is 8. The van der Waals surface area contributed by atoms with Gasteiger partial charge in [-0.3, -0.25) is 0 Å². The maximum Gasteiger partial charge on any atom is 0.161 e. The molecule has 9 aromatic rings. The molecule has 53 heavy (non-hydrogen) atoms. The third-order valence-corrected chi connectivity index (χ3v) is 11.1. The van der Waals surface area contributed by atoms with Gasteiger partial charge < -0.3 is 0 Å². The van der Waals surface area contributed by atoms with Crippen LogP contribution in [-0.4, -0.2) is 9.97 Å². The van der Waals surface area contributed by atoms with Gasteiger partial charge in [0, 0.05) is 22.1 Å². The summed E-state index contributed by atoms with van der Waals surface area (Å²) in [6.45, 7) is 4.73. The first-order valence-electron chi connectivity index (χ1n) is 18.3. The molecule has 1 aromatic heterocycles. The molecule has 0 spiro atoms. The Morgan fingerprint density at radius 1 is 0.358 bits per heavy atom. The standard InChI is InChI=1S/C51H36N2/c1-51(2)44-26-14-25-42(49(44)48-38-22-10-9-17-34(38)27-30-45(48)51)41-28-29-43(40-24-12-11-23-39(40)41)50-52-46(35-18-7-4-8-19-35)32-47(53-50)37-21-13-20-36(31-37)33-15-5-3-6-16-33/h3-32H,1-2H3. The Labute approximate surface area is 310 Å². The van der Waals surface area contributed by atoms with Crippen LogP contribution in [0.1, 0.15) is 25.0 Å². The summed E-state index contributed by atoms with van der Waals surface area (Å²) in [5, 5.41) is 4.89. The van der Waals surface area contributed by atoms with Crippen LogP contribution in [0.2, 0.25) is 0 Å². The topological polar surface area (TPSA) is 25.8 Å². The molecule has 10 rings (SSSR count). The summed E-state index contributed by atoms with van der Waals surface area (Å²) in [4.78, 5) is 10.6. The van der Waals surface area contributed by atoms with Gasteiger partial charge in [-0.1, -0.05) is 178 Å². The fourth-order valence-electron chi connectivity index (χ4n) is 8.46. The minimum absolute atomic E-state index is 0.111. The van der Waals surface area contributed by atoms with Gasteiger partial charge in [0.15, 0.2) is 5.82 Å². The Bertz CT molecular complexity index is 2850. The quantitative estimate of drug-likeness (QED) is 0.181. The molecule has 0 bridgehead atoms. The number of rotatable bonds is 5. The normalized spacial score (nSPS) is 12.9. The van der Waals surface area contributed by atoms with Crippen molar-refractivity contribution in [2.75, 3.05) is 0 Å². The van der Waals surface area contributed by atoms with Gasteiger partial charge in [0.2, 0.25) is 0 Å². The minimum Gasteiger partial charge on any atom is -0.228 e. The van der Waals surface area contributed by atoms with Crippen LogP contribution in [0.3, 0.4) is 0 Å². The summed E-state index contributed by atoms with van der Waals surface area (Å²) in [5.74, 6) is 0.713. The minimum atomic E-state index is -0.111. The summed E-state index contributed by atoms with van der Waals surface area (Å²) in [6, 6.07) is 65.3. The Hall–Kier alpha value is -6.64. The molecule has 0 amide bonds. The molecule has 0 unspecified atom stereocenters. The highest BCUT2D eigenvalue weighted by Crippen LogP contribution is 2.55. The van der Waals surface area contributed by atoms with E-state index >= 15 is 0 Å². The van der Waals surface area contributed by atoms with E-state index in [1.807, 2.05) is 6.07 Å². The first kappa shape index (κ1) is 31.1. The molecule has 2 nitrogen and oxygen atoms in total. The number of hydrogen-bond acceptors (Lipinski definition) is 2. The maximum atomic E-state index is 5.32. The average molecular weight is 677 g/mol. The summed E-state index contributed by atoms with van der Waals surface area (Å²) in [7, 11) is 0. The van der Waals surface area contributed by atoms with E-state index in [9.17, 15) is 0 Å². The summed E-state index contributed by atoms with van der Waals surface area (Å²) in [6.07, 6.45) is 0. The number of hydrogen-bond donors (Lipinski definition) is 0. The Balaban J connectivity index is 1.18. The van der Waals surface area contributed by atoms with Crippen LogP contribution >= 0.6 is 0 Å². The molecule has 0 fully saturated rings. The van der Waals surface area contributed by atoms with Crippen molar-refractivity contribution < 1.29 is 0 Å². The van der Waals surface area contributed by atoms with Gasteiger partial charge >= 0.3 is 0 Å². The van der Waals surface area contributed by atoms with Gasteiger partial charge in [-0.2, -0.15) is 0 Å². The second-order valence-corrected chi connectivity index (χ2v) is 14.5. The zero-order valence-corrected chi connectivity index (χ0v) is 29.7. The van der Waals surface area contributed by atoms with Crippen molar-refractivity contribution in [2.45, 2.75) is 19.3 Å². The smallest absolute Gasteiger partial charge is 0.161 e. The average Bonchev–Trinajstić information content (AvgIpc) is 3.47. The zero-order valence-electron chi connectivity index (χ0n) is 29.7. The van der Waals surface area contributed by atoms with Gasteiger partial charge in [-0.25, -0.2) is 9.97 Å². The lowest BCUT2D eigenvalue weighted by molar-refractivity contribution is 0.661. The molecule has 0 saturated heterocycles. The maximum absolute atomic E-state index is 5.32. The largest absolute Gasteiger partial charge is 0.228 e. The van der Waals surface area contributed by atoms with Crippen molar-refractivity contribution in [3.05, 3.63) is 193 Å². The molecule has 1 aliphatic carbocycles. The second-order valence-electron chi connectivity index (χ2n) is 14.5. The first-order chi connectivity index (χ1) is 26.0. The van der Waals surface area contributed by atoms with E-state index in [4.69, 9.17) is 9.97 Å². The van der Waals surface area contributed by atoms with E-state index in [1.54, 1.807) is 0 Å². The summed E-state index contributed by atoms with van der Waals surface area (Å²) in [5.41, 5.74) is 15.1. The van der Waals surface area contributed by atoms with Crippen molar-refractivity contribution in [2.24, 2.45) is 0 Å². The third-order valence-electron chi connectivity index (χ3n) is 11.1. The molecular weight excluding hydrogens is 641 g/mol. The molecule has 8 aromatic carbocycles. The van der Waals surface area contributed by atoms with Crippen LogP contribution in [0.25, 0.3) is 88.8 Å². The van der Waals surface area contributed by atoms with Crippen LogP contribution < -0.4 is 0 Å². The predicted molar refractivity (Wildman–Crippen MR) is 222 cm³/mol. The highest BCUT2D eigenvalue weighted by atomic mass is 14.9. The zero-order chi connectivity index (χ0) is 35.5. The molecule has 2 heteroatoms. The van der Waals surface area contributed by atoms with Gasteiger partial charge in [0.05, 0.1) is 11.4 Å². The van der Waals surface area contributed by atoms with Crippen molar-refractivity contribution in [3.63, 3.8) is 0 Å². The number of aromatic nitrogens is 2. The van der Waals surface area contributed by atoms with Crippen LogP contribution in [0.5, 0.6) is 0 Å². The lowest BCUT2D eigenvalue weighted by atomic mass is 9.81. The fraction of sp³-hybridized carbons (Fsp3) is 0.0588. The lowest BCUT2D eigenvalue weighted by Gasteiger charge is -2.22. The monoisotopic (exact) mass is 676 g/mol. The molecule has 0 aliphatic heterocycles. The van der Waals surface area contributed by atoms with E-state index in [0.29, 0.717) is 5.82 Å². The molecule has 0 radical (unpaired) electrons. The highest BCUT2D eigenvalue weighted by Gasteiger charge is 2.38. The third kappa shape index (κ3) is 5.10. The van der Waals surface area contributed by atoms with Crippen LogP contribution in [0.4, 0.5) is 0 Å². The van der Waals surface area contributed by atoms with Gasteiger partial charge in [0.25, 0.3) is 0 Å². The first-order valence-corrected chi connectivity index (χ1v) is 18.3. The highest BCUT2D eigenvalue weighted by molar-refractivity contribution is 6.11. The van der Waals surface area contributed by atoms with Crippen molar-refractivity contribution >= 4 is 21.5 Å². The Morgan fingerprint density at radius 2 is 0.925 bits per heavy atom. The predicted octanol–water partition coefficient (Wildman–Crippen LogP) is 13.4. The number of nitrogens with zero attached hydrogens (tertiary/aromatic N) is 2. The van der Waals surface area contributed by atoms with Gasteiger partial charge in [-0.05, 0) is 84.3 Å². The van der Waals surface area contributed by atoms with Crippen molar-refractivity contribution in [1.82, 2.24) is 9.97 Å². The molecule has 1 aliphatic rings. The van der Waals surface area contributed by atoms with Crippen molar-refractivity contribution in [3.8, 4) is 67.3 Å². The van der Waals surface area contributed by atoms with Crippen LogP contribution in [0, 0.1) is 0 Å². The summed E-state index contributed by atoms with van der Waals surface area (Å²) < 4.78 is 0. The molecule has 0 saturated carbocycles. The van der Waals surface area contributed by atoms with E-state index in [-0.39, 0.29) is 5.41 Å². The van der Waals surface area contributed by atoms with E-state index < -0.39 is 0 Å². The molecule has 1 heterocycles. The van der Waals surface area contributed by atoms with Crippen LogP contribution in [-0.2, 0) is 5.41 Å². The SMILES string of the molecule is CC1(C)c2cccc(-c3ccc(-c4nc(-c5ccccc5)cc(-c5cccc(-c6ccccc6)c5)n4)c4ccccc34)c2-c2c1ccc1ccccc21. The van der Waals surface area contributed by atoms with Crippen LogP contribution in [0.15, 0.2) is 182 Å². The van der Waals surface area contributed by atoms with E-state index in [2.05, 4.69) is 190 Å². The molecule has 0 atom stereocenters. The van der Waals surface area contributed by atoms with Gasteiger partial charge in [-0.15, -0.1) is 0 Å². The Morgan fingerprint density at radius 3 is 1.70 bits per heavy atom. The van der Waals surface area contributed by atoms with E-state index in [1.165, 1.54) is 55.1 Å². The Kier molecular flexibility index (Phi) is 7.19. The second kappa shape index (κ2) is 12.3. The van der Waals surface area contributed by atoms with E-state index in [0.717, 1.165) is 39.0 Å². The van der Waals surface area contributed by atoms with Crippen molar-refractivity contribution in [1.29, 1.82) is 0 Å². The molecule has 250 valence electrons. The molecular formula is C51H36N2. The number of fused-ring (bicyclic) bond motifs is 6. The fourth-order valence-corrected chi connectivity index (χ4v) is 8.46. The van der Waals surface area contributed by atoms with Gasteiger partial charge in [0.1, 0.15) is 0 Å². The molecule has 0 N–H and O–H groups in total. The summed E-state index contributed by atoms with van der Waals surface area (Å²) >= 11 is 0.